The van der Waals surface area contributed by atoms with E-state index in [0.717, 1.165) is 99.3 Å². The molecule has 3 atom stereocenters. The number of benzene rings is 2. The van der Waals surface area contributed by atoms with Crippen molar-refractivity contribution in [3.63, 3.8) is 0 Å². The number of allylic oxidation sites excluding steroid dienone is 5. The minimum absolute atomic E-state index is 0.0500. The van der Waals surface area contributed by atoms with E-state index in [4.69, 9.17) is 12.6 Å². The maximum Gasteiger partial charge on any atom is 0.230 e. The zero-order chi connectivity index (χ0) is 58.3. The Labute approximate surface area is 482 Å². The molecule has 2 unspecified atom stereocenters. The van der Waals surface area contributed by atoms with Crippen LogP contribution in [0.15, 0.2) is 95.9 Å². The first-order valence-corrected chi connectivity index (χ1v) is 30.7. The molecule has 1 saturated heterocycles. The number of aliphatic hydroxyl groups is 1. The Kier molecular flexibility index (Phi) is 33.4. The summed E-state index contributed by atoms with van der Waals surface area (Å²) in [6.45, 7) is 38.7. The van der Waals surface area contributed by atoms with Gasteiger partial charge in [0.1, 0.15) is 22.4 Å². The predicted octanol–water partition coefficient (Wildman–Crippen LogP) is 15.7. The number of carbonyl (C=O) groups is 2. The summed E-state index contributed by atoms with van der Waals surface area (Å²) in [5.41, 5.74) is 11.6. The second-order valence-electron chi connectivity index (χ2n) is 20.9. The zero-order valence-electron chi connectivity index (χ0n) is 50.9. The van der Waals surface area contributed by atoms with Crippen molar-refractivity contribution in [2.45, 2.75) is 180 Å². The summed E-state index contributed by atoms with van der Waals surface area (Å²) in [5, 5.41) is 26.3. The first-order valence-electron chi connectivity index (χ1n) is 28.7. The molecule has 1 aliphatic rings. The Hall–Kier alpha value is -5.11. The number of amides is 2. The number of carbonyl (C=O) groups excluding carboxylic acids is 2. The van der Waals surface area contributed by atoms with Gasteiger partial charge >= 0.3 is 0 Å². The van der Waals surface area contributed by atoms with E-state index in [9.17, 15) is 14.7 Å². The normalized spacial score (nSPS) is 14.3. The lowest BCUT2D eigenvalue weighted by Crippen LogP contribution is -2.38. The summed E-state index contributed by atoms with van der Waals surface area (Å²) in [5.74, 6) is 2.56. The van der Waals surface area contributed by atoms with E-state index in [0.29, 0.717) is 25.3 Å². The van der Waals surface area contributed by atoms with Crippen LogP contribution in [0.4, 0.5) is 0 Å². The third-order valence-corrected chi connectivity index (χ3v) is 15.6. The molecule has 13 heteroatoms. The van der Waals surface area contributed by atoms with Crippen LogP contribution in [-0.2, 0) is 20.7 Å². The number of aliphatic hydroxyl groups excluding tert-OH is 1. The van der Waals surface area contributed by atoms with Gasteiger partial charge in [-0.1, -0.05) is 139 Å². The molecule has 2 aromatic carbocycles. The summed E-state index contributed by atoms with van der Waals surface area (Å²) in [6.07, 6.45) is 19.3. The van der Waals surface area contributed by atoms with Crippen LogP contribution in [-0.4, -0.2) is 84.0 Å². The maximum atomic E-state index is 13.2. The zero-order valence-corrected chi connectivity index (χ0v) is 52.5. The molecule has 428 valence electrons. The summed E-state index contributed by atoms with van der Waals surface area (Å²) in [4.78, 5) is 28.0. The van der Waals surface area contributed by atoms with Crippen molar-refractivity contribution in [1.82, 2.24) is 30.3 Å². The Morgan fingerprint density at radius 1 is 0.923 bits per heavy atom. The standard InChI is InChI=1S/C26H45BN2O3.C22H27N3S.C14H19NOS.C3H8/c1-6-11-21(5)28-14-9-8-10-16-32-24(12-7-2)17-22(19-30)25(20(3)4)26(31)29-15-13-23(27)18-29;1-7-8-9-20-24-23-18(6)25(20)22-21(15(3)17(5)26-22)16(4)19-12-10-14(2)11-13-19;1-10(2)14(17-4)13-7-5-12(6-8-13)11(3)15-9-16;1-3-2/h11-12,17,20,23,25,28,30H,6-10,13-16,18-19H2,1-5H3;10-13H,4,7-9H2,1-3,5-6H3;5-9,11H,1-4H3,(H,15,16);3H2,1-2H3/b21-11+,22-17+,24-12-;;;/t23?,25-;;;/m1.../s1. The number of rotatable bonds is 26. The number of nitrogens with zero attached hydrogens (tertiary/aromatic N) is 4. The molecule has 2 aromatic heterocycles. The number of unbranched alkanes of at least 4 members (excludes halogenated alkanes) is 3. The summed E-state index contributed by atoms with van der Waals surface area (Å²) < 4.78 is 8.26. The molecular weight excluding hydrogens is 1000 g/mol. The number of aryl methyl sites for hydroxylation is 4. The highest BCUT2D eigenvalue weighted by atomic mass is 32.2. The second-order valence-corrected chi connectivity index (χ2v) is 22.9. The Morgan fingerprint density at radius 3 is 2.10 bits per heavy atom. The number of nitrogens with one attached hydrogen (secondary N) is 2. The van der Waals surface area contributed by atoms with Crippen molar-refractivity contribution in [1.29, 1.82) is 0 Å². The number of hydrogen-bond acceptors (Lipinski definition) is 9. The van der Waals surface area contributed by atoms with Crippen molar-refractivity contribution in [3.8, 4) is 5.00 Å². The number of aromatic nitrogens is 3. The monoisotopic (exact) mass is 1100 g/mol. The molecule has 0 bridgehead atoms. The molecule has 1 fully saturated rings. The highest BCUT2D eigenvalue weighted by Gasteiger charge is 2.33. The molecule has 78 heavy (non-hydrogen) atoms. The molecule has 3 N–H and O–H groups in total. The van der Waals surface area contributed by atoms with E-state index in [1.165, 1.54) is 60.3 Å². The number of hydrogen-bond donors (Lipinski definition) is 3. The molecule has 4 aromatic rings. The number of ether oxygens (including phenoxy) is 1. The van der Waals surface area contributed by atoms with Gasteiger partial charge in [0.25, 0.3) is 0 Å². The first-order chi connectivity index (χ1) is 37.3. The molecule has 2 amide bonds. The van der Waals surface area contributed by atoms with E-state index in [2.05, 4.69) is 169 Å². The summed E-state index contributed by atoms with van der Waals surface area (Å²) >= 11 is 3.57. The Bertz CT molecular complexity index is 2530. The van der Waals surface area contributed by atoms with Gasteiger partial charge in [0.15, 0.2) is 0 Å². The molecule has 0 spiro atoms. The lowest BCUT2D eigenvalue weighted by molar-refractivity contribution is -0.134. The van der Waals surface area contributed by atoms with Crippen LogP contribution < -0.4 is 10.6 Å². The van der Waals surface area contributed by atoms with Gasteiger partial charge in [0.2, 0.25) is 12.3 Å². The SMILES string of the molecule is C=C(c1ccc(C)cc1)c1c(-n2c(C)nnc2CCCC)sc(C)c1C.CCC.CSC(=C(C)C)c1ccc(C(C)NC=O)cc1.[B]C1CCN(C(=O)[C@@H](/C(=C/C(=C/CC)OCCCCCN/C(C)=C/CC)CO)C(C)C)C1. The van der Waals surface area contributed by atoms with Crippen LogP contribution in [0.25, 0.3) is 15.5 Å². The van der Waals surface area contributed by atoms with Crippen LogP contribution in [0, 0.1) is 39.5 Å². The average molecular weight is 1100 g/mol. The lowest BCUT2D eigenvalue weighted by Gasteiger charge is -2.28. The predicted molar refractivity (Wildman–Crippen MR) is 338 cm³/mol. The smallest absolute Gasteiger partial charge is 0.230 e. The van der Waals surface area contributed by atoms with Gasteiger partial charge in [0, 0.05) is 47.1 Å². The fourth-order valence-corrected chi connectivity index (χ4v) is 11.0. The number of thiophene rings is 1. The van der Waals surface area contributed by atoms with Gasteiger partial charge in [-0.3, -0.25) is 14.2 Å². The molecule has 2 radical (unpaired) electrons. The maximum absolute atomic E-state index is 13.2. The van der Waals surface area contributed by atoms with Gasteiger partial charge in [-0.2, -0.15) is 0 Å². The molecule has 3 heterocycles. The lowest BCUT2D eigenvalue weighted by atomic mass is 9.85. The van der Waals surface area contributed by atoms with E-state index in [1.54, 1.807) is 11.8 Å². The minimum Gasteiger partial charge on any atom is -0.494 e. The largest absolute Gasteiger partial charge is 0.494 e. The molecule has 5 rings (SSSR count). The molecule has 0 saturated carbocycles. The van der Waals surface area contributed by atoms with Gasteiger partial charge in [-0.05, 0) is 158 Å². The summed E-state index contributed by atoms with van der Waals surface area (Å²) in [7, 11) is 6.00. The molecular formula is C65H99BN6O4S2. The summed E-state index contributed by atoms with van der Waals surface area (Å²) in [6, 6.07) is 17.0. The highest BCUT2D eigenvalue weighted by Crippen LogP contribution is 2.39. The fraction of sp³-hybridized carbons (Fsp3) is 0.538. The third-order valence-electron chi connectivity index (χ3n) is 13.4. The van der Waals surface area contributed by atoms with Crippen molar-refractivity contribution in [3.05, 3.63) is 146 Å². The number of thioether (sulfide) groups is 1. The third kappa shape index (κ3) is 22.6. The van der Waals surface area contributed by atoms with Crippen LogP contribution >= 0.6 is 23.1 Å². The average Bonchev–Trinajstić information content (AvgIpc) is 4.12. The van der Waals surface area contributed by atoms with Crippen LogP contribution in [0.3, 0.4) is 0 Å². The molecule has 1 aliphatic heterocycles. The fourth-order valence-electron chi connectivity index (χ4n) is 9.01. The minimum atomic E-state index is -0.361. The van der Waals surface area contributed by atoms with E-state index < -0.39 is 0 Å². The first kappa shape index (κ1) is 69.0. The van der Waals surface area contributed by atoms with Crippen LogP contribution in [0.5, 0.6) is 0 Å². The quantitative estimate of drug-likeness (QED) is 0.0187. The number of likely N-dealkylation sites (tertiary alicyclic amines) is 1. The van der Waals surface area contributed by atoms with Crippen LogP contribution in [0.2, 0.25) is 5.82 Å². The second kappa shape index (κ2) is 37.7. The highest BCUT2D eigenvalue weighted by molar-refractivity contribution is 8.07. The van der Waals surface area contributed by atoms with Crippen molar-refractivity contribution < 1.29 is 19.4 Å². The Balaban J connectivity index is 0.000000405. The van der Waals surface area contributed by atoms with E-state index in [-0.39, 0.29) is 36.2 Å². The van der Waals surface area contributed by atoms with Gasteiger partial charge in [0.05, 0.1) is 33.0 Å². The van der Waals surface area contributed by atoms with Gasteiger partial charge < -0.3 is 25.4 Å². The molecule has 10 nitrogen and oxygen atoms in total. The molecule has 0 aliphatic carbocycles. The van der Waals surface area contributed by atoms with Crippen molar-refractivity contribution in [2.75, 3.05) is 39.1 Å². The Morgan fingerprint density at radius 2 is 1.56 bits per heavy atom. The van der Waals surface area contributed by atoms with E-state index >= 15 is 0 Å². The van der Waals surface area contributed by atoms with Gasteiger partial charge in [-0.15, -0.1) is 33.3 Å². The van der Waals surface area contributed by atoms with Crippen molar-refractivity contribution in [2.24, 2.45) is 11.8 Å². The van der Waals surface area contributed by atoms with Crippen molar-refractivity contribution >= 4 is 53.7 Å². The van der Waals surface area contributed by atoms with Crippen LogP contribution in [0.1, 0.15) is 190 Å². The van der Waals surface area contributed by atoms with E-state index in [1.807, 2.05) is 56.1 Å². The topological polar surface area (TPSA) is 122 Å². The van der Waals surface area contributed by atoms with Gasteiger partial charge in [-0.25, -0.2) is 0 Å².